The van der Waals surface area contributed by atoms with Crippen LogP contribution in [0, 0.1) is 0 Å². The SMILES string of the molecule is CCOc1ccc([C@H](CN=Cc2cccc(OC)c2O)N2CCOCC2)cc1OC. The molecule has 30 heavy (non-hydrogen) atoms. The van der Waals surface area contributed by atoms with Crippen molar-refractivity contribution in [3.05, 3.63) is 47.5 Å². The zero-order valence-corrected chi connectivity index (χ0v) is 17.8. The molecule has 1 fully saturated rings. The Labute approximate surface area is 177 Å². The van der Waals surface area contributed by atoms with Crippen molar-refractivity contribution < 1.29 is 24.1 Å². The number of aromatic hydroxyl groups is 1. The van der Waals surface area contributed by atoms with Crippen LogP contribution in [0.5, 0.6) is 23.0 Å². The fourth-order valence-corrected chi connectivity index (χ4v) is 3.55. The van der Waals surface area contributed by atoms with E-state index in [9.17, 15) is 5.11 Å². The third kappa shape index (κ3) is 5.23. The first-order chi connectivity index (χ1) is 14.7. The fourth-order valence-electron chi connectivity index (χ4n) is 3.55. The molecule has 7 nitrogen and oxygen atoms in total. The number of ether oxygens (including phenoxy) is 4. The van der Waals surface area contributed by atoms with Gasteiger partial charge in [-0.25, -0.2) is 0 Å². The van der Waals surface area contributed by atoms with Crippen molar-refractivity contribution in [2.75, 3.05) is 53.7 Å². The van der Waals surface area contributed by atoms with Gasteiger partial charge in [0.2, 0.25) is 0 Å². The van der Waals surface area contributed by atoms with Gasteiger partial charge in [-0.1, -0.05) is 12.1 Å². The summed E-state index contributed by atoms with van der Waals surface area (Å²) in [5.74, 6) is 1.96. The van der Waals surface area contributed by atoms with Gasteiger partial charge < -0.3 is 24.1 Å². The third-order valence-electron chi connectivity index (χ3n) is 5.12. The fraction of sp³-hybridized carbons (Fsp3) is 0.435. The van der Waals surface area contributed by atoms with Crippen LogP contribution in [-0.2, 0) is 4.74 Å². The van der Waals surface area contributed by atoms with Crippen molar-refractivity contribution >= 4 is 6.21 Å². The van der Waals surface area contributed by atoms with Crippen molar-refractivity contribution in [1.29, 1.82) is 0 Å². The van der Waals surface area contributed by atoms with Crippen molar-refractivity contribution in [1.82, 2.24) is 4.90 Å². The summed E-state index contributed by atoms with van der Waals surface area (Å²) in [6, 6.07) is 11.4. The topological polar surface area (TPSA) is 72.8 Å². The minimum Gasteiger partial charge on any atom is -0.504 e. The van der Waals surface area contributed by atoms with E-state index in [1.807, 2.05) is 31.2 Å². The third-order valence-corrected chi connectivity index (χ3v) is 5.12. The molecular formula is C23H30N2O5. The highest BCUT2D eigenvalue weighted by atomic mass is 16.5. The molecule has 1 N–H and O–H groups in total. The first-order valence-corrected chi connectivity index (χ1v) is 10.2. The molecule has 162 valence electrons. The predicted octanol–water partition coefficient (Wildman–Crippen LogP) is 3.30. The number of phenols is 1. The van der Waals surface area contributed by atoms with Crippen LogP contribution in [0.1, 0.15) is 24.1 Å². The van der Waals surface area contributed by atoms with E-state index >= 15 is 0 Å². The molecule has 2 aromatic carbocycles. The van der Waals surface area contributed by atoms with E-state index in [1.165, 1.54) is 7.11 Å². The van der Waals surface area contributed by atoms with Crippen LogP contribution in [0.3, 0.4) is 0 Å². The van der Waals surface area contributed by atoms with Gasteiger partial charge in [0.1, 0.15) is 0 Å². The van der Waals surface area contributed by atoms with Gasteiger partial charge in [-0.2, -0.15) is 0 Å². The van der Waals surface area contributed by atoms with E-state index in [2.05, 4.69) is 16.0 Å². The van der Waals surface area contributed by atoms with E-state index in [0.717, 1.165) is 24.4 Å². The average molecular weight is 415 g/mol. The quantitative estimate of drug-likeness (QED) is 0.635. The molecule has 1 atom stereocenters. The number of methoxy groups -OCH3 is 2. The Morgan fingerprint density at radius 1 is 1.10 bits per heavy atom. The zero-order valence-electron chi connectivity index (χ0n) is 17.8. The molecule has 1 aliphatic rings. The molecule has 7 heteroatoms. The predicted molar refractivity (Wildman–Crippen MR) is 116 cm³/mol. The summed E-state index contributed by atoms with van der Waals surface area (Å²) in [4.78, 5) is 7.01. The maximum absolute atomic E-state index is 10.3. The standard InChI is InChI=1S/C23H30N2O5/c1-4-30-20-9-8-17(14-22(20)28-3)19(25-10-12-29-13-11-25)16-24-15-18-6-5-7-21(27-2)23(18)26/h5-9,14-15,19,26H,4,10-13,16H2,1-3H3/t19-/m0/s1. The Kier molecular flexibility index (Phi) is 7.93. The summed E-state index contributed by atoms with van der Waals surface area (Å²) in [6.45, 7) is 6.13. The molecule has 1 heterocycles. The normalized spacial score (nSPS) is 15.8. The number of phenolic OH excluding ortho intramolecular Hbond substituents is 1. The second-order valence-corrected chi connectivity index (χ2v) is 6.90. The van der Waals surface area contributed by atoms with Crippen molar-refractivity contribution in [3.8, 4) is 23.0 Å². The summed E-state index contributed by atoms with van der Waals surface area (Å²) in [7, 11) is 3.18. The summed E-state index contributed by atoms with van der Waals surface area (Å²) >= 11 is 0. The Hall–Kier alpha value is -2.77. The lowest BCUT2D eigenvalue weighted by molar-refractivity contribution is 0.0180. The van der Waals surface area contributed by atoms with Gasteiger partial charge in [-0.15, -0.1) is 0 Å². The van der Waals surface area contributed by atoms with Gasteiger partial charge in [-0.05, 0) is 36.8 Å². The monoisotopic (exact) mass is 414 g/mol. The van der Waals surface area contributed by atoms with Gasteiger partial charge in [-0.3, -0.25) is 9.89 Å². The molecule has 0 bridgehead atoms. The van der Waals surface area contributed by atoms with Gasteiger partial charge in [0.15, 0.2) is 23.0 Å². The minimum absolute atomic E-state index is 0.0578. The maximum Gasteiger partial charge on any atom is 0.166 e. The summed E-state index contributed by atoms with van der Waals surface area (Å²) in [5, 5.41) is 10.3. The van der Waals surface area contributed by atoms with E-state index in [-0.39, 0.29) is 11.8 Å². The zero-order chi connectivity index (χ0) is 21.3. The highest BCUT2D eigenvalue weighted by Gasteiger charge is 2.23. The Balaban J connectivity index is 1.85. The van der Waals surface area contributed by atoms with E-state index in [0.29, 0.717) is 43.4 Å². The second-order valence-electron chi connectivity index (χ2n) is 6.90. The number of benzene rings is 2. The molecule has 0 aromatic heterocycles. The highest BCUT2D eigenvalue weighted by Crippen LogP contribution is 2.33. The molecule has 2 aromatic rings. The van der Waals surface area contributed by atoms with E-state index in [1.54, 1.807) is 19.4 Å². The lowest BCUT2D eigenvalue weighted by atomic mass is 10.0. The summed E-state index contributed by atoms with van der Waals surface area (Å²) in [5.41, 5.74) is 1.73. The van der Waals surface area contributed by atoms with Crippen LogP contribution in [-0.4, -0.2) is 69.9 Å². The lowest BCUT2D eigenvalue weighted by Crippen LogP contribution is -2.40. The molecule has 0 unspecified atom stereocenters. The molecule has 1 saturated heterocycles. The number of para-hydroxylation sites is 1. The Morgan fingerprint density at radius 3 is 2.57 bits per heavy atom. The van der Waals surface area contributed by atoms with Crippen molar-refractivity contribution in [2.24, 2.45) is 4.99 Å². The molecule has 0 aliphatic carbocycles. The van der Waals surface area contributed by atoms with Crippen molar-refractivity contribution in [2.45, 2.75) is 13.0 Å². The smallest absolute Gasteiger partial charge is 0.166 e. The molecule has 0 amide bonds. The largest absolute Gasteiger partial charge is 0.504 e. The van der Waals surface area contributed by atoms with Crippen LogP contribution < -0.4 is 14.2 Å². The number of rotatable bonds is 9. The number of nitrogens with zero attached hydrogens (tertiary/aromatic N) is 2. The highest BCUT2D eigenvalue weighted by molar-refractivity contribution is 5.84. The minimum atomic E-state index is 0.0578. The molecular weight excluding hydrogens is 384 g/mol. The number of hydrogen-bond donors (Lipinski definition) is 1. The molecule has 0 spiro atoms. The lowest BCUT2D eigenvalue weighted by Gasteiger charge is -2.34. The van der Waals surface area contributed by atoms with Gasteiger partial charge in [0.25, 0.3) is 0 Å². The Bertz CT molecular complexity index is 849. The Morgan fingerprint density at radius 2 is 1.87 bits per heavy atom. The van der Waals surface area contributed by atoms with Crippen LogP contribution in [0.25, 0.3) is 0 Å². The second kappa shape index (κ2) is 10.8. The molecule has 3 rings (SSSR count). The first kappa shape index (κ1) is 21.9. The number of morpholine rings is 1. The molecule has 0 saturated carbocycles. The van der Waals surface area contributed by atoms with Crippen LogP contribution in [0.15, 0.2) is 41.4 Å². The number of aliphatic imine (C=N–C) groups is 1. The van der Waals surface area contributed by atoms with E-state index in [4.69, 9.17) is 18.9 Å². The first-order valence-electron chi connectivity index (χ1n) is 10.2. The molecule has 0 radical (unpaired) electrons. The van der Waals surface area contributed by atoms with Gasteiger partial charge in [0.05, 0.1) is 46.6 Å². The van der Waals surface area contributed by atoms with Crippen LogP contribution in [0.2, 0.25) is 0 Å². The average Bonchev–Trinajstić information content (AvgIpc) is 2.79. The van der Waals surface area contributed by atoms with Crippen LogP contribution in [0.4, 0.5) is 0 Å². The number of hydrogen-bond acceptors (Lipinski definition) is 7. The van der Waals surface area contributed by atoms with Crippen molar-refractivity contribution in [3.63, 3.8) is 0 Å². The molecule has 1 aliphatic heterocycles. The van der Waals surface area contributed by atoms with E-state index < -0.39 is 0 Å². The van der Waals surface area contributed by atoms with Gasteiger partial charge in [0, 0.05) is 24.9 Å². The van der Waals surface area contributed by atoms with Gasteiger partial charge >= 0.3 is 0 Å². The maximum atomic E-state index is 10.3. The van der Waals surface area contributed by atoms with Crippen LogP contribution >= 0.6 is 0 Å². The summed E-state index contributed by atoms with van der Waals surface area (Å²) < 4.78 is 21.9. The summed E-state index contributed by atoms with van der Waals surface area (Å²) in [6.07, 6.45) is 1.69.